The first-order chi connectivity index (χ1) is 12.4. The highest BCUT2D eigenvalue weighted by Crippen LogP contribution is 2.35. The third kappa shape index (κ3) is 3.86. The summed E-state index contributed by atoms with van der Waals surface area (Å²) in [6, 6.07) is 8.51. The molecule has 2 aromatic carbocycles. The summed E-state index contributed by atoms with van der Waals surface area (Å²) in [5, 5.41) is 11.1. The summed E-state index contributed by atoms with van der Waals surface area (Å²) < 4.78 is 15.5. The lowest BCUT2D eigenvalue weighted by atomic mass is 10.2. The maximum absolute atomic E-state index is 12.0. The number of amides is 1. The summed E-state index contributed by atoms with van der Waals surface area (Å²) in [6.07, 6.45) is 0. The number of nitrogens with two attached hydrogens (primary N) is 1. The fourth-order valence-corrected chi connectivity index (χ4v) is 2.95. The number of esters is 1. The van der Waals surface area contributed by atoms with E-state index in [9.17, 15) is 19.7 Å². The number of rotatable bonds is 6. The Labute approximate surface area is 151 Å². The van der Waals surface area contributed by atoms with Crippen molar-refractivity contribution in [2.24, 2.45) is 5.73 Å². The number of nitro benzene ring substituents is 1. The standard InChI is InChI=1S/C16H12N2O7S/c17-16(20)9-1-4-14(11(5-9)18(21)22)26-7-15(19)25-10-2-3-12-13(6-10)24-8-23-12/h1-6H,7-8H2,(H2,17,20). The van der Waals surface area contributed by atoms with E-state index in [0.717, 1.165) is 17.8 Å². The van der Waals surface area contributed by atoms with Crippen molar-refractivity contribution < 1.29 is 28.7 Å². The van der Waals surface area contributed by atoms with Crippen LogP contribution in [0.4, 0.5) is 5.69 Å². The number of carbonyl (C=O) groups is 2. The van der Waals surface area contributed by atoms with Gasteiger partial charge in [-0.05, 0) is 24.3 Å². The molecule has 1 aliphatic heterocycles. The first-order valence-electron chi connectivity index (χ1n) is 7.25. The van der Waals surface area contributed by atoms with Gasteiger partial charge >= 0.3 is 5.97 Å². The number of thioether (sulfide) groups is 1. The second kappa shape index (κ2) is 7.31. The highest BCUT2D eigenvalue weighted by Gasteiger charge is 2.19. The summed E-state index contributed by atoms with van der Waals surface area (Å²) in [4.78, 5) is 33.8. The molecular weight excluding hydrogens is 364 g/mol. The van der Waals surface area contributed by atoms with Gasteiger partial charge in [0, 0.05) is 17.7 Å². The molecule has 0 aliphatic carbocycles. The summed E-state index contributed by atoms with van der Waals surface area (Å²) >= 11 is 0.924. The Morgan fingerprint density at radius 2 is 1.96 bits per heavy atom. The molecule has 0 saturated carbocycles. The first-order valence-corrected chi connectivity index (χ1v) is 8.24. The molecule has 1 aliphatic rings. The predicted octanol–water partition coefficient (Wildman–Crippen LogP) is 2.12. The Hall–Kier alpha value is -3.27. The number of nitro groups is 1. The number of primary amides is 1. The Kier molecular flexibility index (Phi) is 4.94. The first kappa shape index (κ1) is 17.5. The molecule has 0 spiro atoms. The number of nitrogens with zero attached hydrogens (tertiary/aromatic N) is 1. The molecule has 1 heterocycles. The van der Waals surface area contributed by atoms with E-state index in [1.54, 1.807) is 12.1 Å². The van der Waals surface area contributed by atoms with Gasteiger partial charge in [0.15, 0.2) is 11.5 Å². The van der Waals surface area contributed by atoms with E-state index < -0.39 is 16.8 Å². The van der Waals surface area contributed by atoms with Crippen molar-refractivity contribution in [2.45, 2.75) is 4.90 Å². The Bertz CT molecular complexity index is 900. The van der Waals surface area contributed by atoms with Gasteiger partial charge in [0.1, 0.15) is 5.75 Å². The second-order valence-electron chi connectivity index (χ2n) is 5.08. The molecule has 10 heteroatoms. The Morgan fingerprint density at radius 1 is 1.19 bits per heavy atom. The van der Waals surface area contributed by atoms with Crippen LogP contribution >= 0.6 is 11.8 Å². The quantitative estimate of drug-likeness (QED) is 0.267. The van der Waals surface area contributed by atoms with Crippen LogP contribution in [0.2, 0.25) is 0 Å². The number of ether oxygens (including phenoxy) is 3. The maximum Gasteiger partial charge on any atom is 0.321 e. The van der Waals surface area contributed by atoms with Crippen LogP contribution in [-0.4, -0.2) is 29.3 Å². The highest BCUT2D eigenvalue weighted by atomic mass is 32.2. The van der Waals surface area contributed by atoms with Gasteiger partial charge in [-0.3, -0.25) is 19.7 Å². The molecule has 2 aromatic rings. The zero-order valence-corrected chi connectivity index (χ0v) is 14.0. The van der Waals surface area contributed by atoms with E-state index >= 15 is 0 Å². The van der Waals surface area contributed by atoms with Crippen LogP contribution in [0, 0.1) is 10.1 Å². The van der Waals surface area contributed by atoms with Gasteiger partial charge in [-0.2, -0.15) is 0 Å². The van der Waals surface area contributed by atoms with Crippen molar-refractivity contribution in [3.63, 3.8) is 0 Å². The van der Waals surface area contributed by atoms with Crippen molar-refractivity contribution >= 4 is 29.3 Å². The molecule has 26 heavy (non-hydrogen) atoms. The lowest BCUT2D eigenvalue weighted by molar-refractivity contribution is -0.387. The van der Waals surface area contributed by atoms with Crippen LogP contribution in [0.15, 0.2) is 41.3 Å². The average molecular weight is 376 g/mol. The van der Waals surface area contributed by atoms with Crippen molar-refractivity contribution in [1.82, 2.24) is 0 Å². The molecule has 0 unspecified atom stereocenters. The van der Waals surface area contributed by atoms with E-state index in [2.05, 4.69) is 0 Å². The number of fused-ring (bicyclic) bond motifs is 1. The Balaban J connectivity index is 1.66. The van der Waals surface area contributed by atoms with Crippen LogP contribution in [-0.2, 0) is 4.79 Å². The number of hydrogen-bond donors (Lipinski definition) is 1. The summed E-state index contributed by atoms with van der Waals surface area (Å²) in [5.41, 5.74) is 4.83. The Morgan fingerprint density at radius 3 is 2.69 bits per heavy atom. The summed E-state index contributed by atoms with van der Waals surface area (Å²) in [7, 11) is 0. The lowest BCUT2D eigenvalue weighted by Crippen LogP contribution is -2.12. The van der Waals surface area contributed by atoms with Gasteiger partial charge in [0.2, 0.25) is 12.7 Å². The minimum atomic E-state index is -0.771. The molecule has 0 atom stereocenters. The van der Waals surface area contributed by atoms with Crippen molar-refractivity contribution in [2.75, 3.05) is 12.5 Å². The predicted molar refractivity (Wildman–Crippen MR) is 90.5 cm³/mol. The topological polar surface area (TPSA) is 131 Å². The molecular formula is C16H12N2O7S. The third-order valence-electron chi connectivity index (χ3n) is 3.36. The molecule has 0 bridgehead atoms. The smallest absolute Gasteiger partial charge is 0.321 e. The van der Waals surface area contributed by atoms with Crippen LogP contribution in [0.5, 0.6) is 17.2 Å². The zero-order valence-electron chi connectivity index (χ0n) is 13.2. The molecule has 0 radical (unpaired) electrons. The second-order valence-corrected chi connectivity index (χ2v) is 6.10. The minimum Gasteiger partial charge on any atom is -0.454 e. The van der Waals surface area contributed by atoms with E-state index in [1.807, 2.05) is 0 Å². The van der Waals surface area contributed by atoms with Gasteiger partial charge < -0.3 is 19.9 Å². The van der Waals surface area contributed by atoms with Crippen molar-refractivity contribution in [3.8, 4) is 17.2 Å². The number of carbonyl (C=O) groups excluding carboxylic acids is 2. The van der Waals surface area contributed by atoms with Crippen LogP contribution in [0.3, 0.4) is 0 Å². The normalized spacial score (nSPS) is 11.8. The van der Waals surface area contributed by atoms with E-state index in [-0.39, 0.29) is 34.4 Å². The minimum absolute atomic E-state index is 0.0176. The molecule has 0 aromatic heterocycles. The van der Waals surface area contributed by atoms with E-state index in [0.29, 0.717) is 11.5 Å². The third-order valence-corrected chi connectivity index (χ3v) is 4.40. The van der Waals surface area contributed by atoms with Gasteiger partial charge in [-0.15, -0.1) is 11.8 Å². The molecule has 1 amide bonds. The molecule has 3 rings (SSSR count). The van der Waals surface area contributed by atoms with E-state index in [4.69, 9.17) is 19.9 Å². The fourth-order valence-electron chi connectivity index (χ4n) is 2.17. The monoisotopic (exact) mass is 376 g/mol. The van der Waals surface area contributed by atoms with E-state index in [1.165, 1.54) is 18.2 Å². The zero-order chi connectivity index (χ0) is 18.7. The van der Waals surface area contributed by atoms with Crippen molar-refractivity contribution in [3.05, 3.63) is 52.1 Å². The molecule has 9 nitrogen and oxygen atoms in total. The van der Waals surface area contributed by atoms with Gasteiger partial charge in [-0.1, -0.05) is 0 Å². The van der Waals surface area contributed by atoms with Crippen LogP contribution in [0.1, 0.15) is 10.4 Å². The molecule has 2 N–H and O–H groups in total. The van der Waals surface area contributed by atoms with Crippen LogP contribution < -0.4 is 19.9 Å². The van der Waals surface area contributed by atoms with Gasteiger partial charge in [0.25, 0.3) is 5.69 Å². The summed E-state index contributed by atoms with van der Waals surface area (Å²) in [6.45, 7) is 0.105. The lowest BCUT2D eigenvalue weighted by Gasteiger charge is -2.06. The van der Waals surface area contributed by atoms with Crippen molar-refractivity contribution in [1.29, 1.82) is 0 Å². The number of hydrogen-bond acceptors (Lipinski definition) is 8. The fraction of sp³-hybridized carbons (Fsp3) is 0.125. The highest BCUT2D eigenvalue weighted by molar-refractivity contribution is 8.00. The average Bonchev–Trinajstić information content (AvgIpc) is 3.07. The molecule has 0 fully saturated rings. The largest absolute Gasteiger partial charge is 0.454 e. The maximum atomic E-state index is 12.0. The van der Waals surface area contributed by atoms with Crippen LogP contribution in [0.25, 0.3) is 0 Å². The summed E-state index contributed by atoms with van der Waals surface area (Å²) in [5.74, 6) is -0.219. The number of benzene rings is 2. The molecule has 134 valence electrons. The molecule has 0 saturated heterocycles. The van der Waals surface area contributed by atoms with Gasteiger partial charge in [0.05, 0.1) is 15.6 Å². The SMILES string of the molecule is NC(=O)c1ccc(SCC(=O)Oc2ccc3c(c2)OCO3)c([N+](=O)[O-])c1. The van der Waals surface area contributed by atoms with Gasteiger partial charge in [-0.25, -0.2) is 0 Å².